The highest BCUT2D eigenvalue weighted by Crippen LogP contribution is 2.33. The summed E-state index contributed by atoms with van der Waals surface area (Å²) in [7, 11) is 2.15. The van der Waals surface area contributed by atoms with Crippen molar-refractivity contribution in [3.63, 3.8) is 0 Å². The standard InChI is InChI=1S/C24H33N7O/c1-3-17-9-10-21-18(15-17)16-20(24(32)25-21)22(30-13-11-29(2)12-14-30)23-26-27-28-31(23)19-7-5-4-6-8-19/h9-10,15-16,19,22H,3-8,11-14H2,1-2H3,(H,25,32). The van der Waals surface area contributed by atoms with Gasteiger partial charge in [-0.05, 0) is 65.9 Å². The maximum atomic E-state index is 13.3. The lowest BCUT2D eigenvalue weighted by atomic mass is 9.95. The minimum atomic E-state index is -0.251. The maximum absolute atomic E-state index is 13.3. The molecular formula is C24H33N7O. The summed E-state index contributed by atoms with van der Waals surface area (Å²) in [4.78, 5) is 21.2. The second-order valence-corrected chi connectivity index (χ2v) is 9.34. The van der Waals surface area contributed by atoms with E-state index < -0.39 is 0 Å². The molecule has 1 aromatic carbocycles. The van der Waals surface area contributed by atoms with Crippen molar-refractivity contribution in [2.75, 3.05) is 33.2 Å². The van der Waals surface area contributed by atoms with Crippen molar-refractivity contribution in [1.82, 2.24) is 35.0 Å². The number of piperazine rings is 1. The Kier molecular flexibility index (Phi) is 6.06. The van der Waals surface area contributed by atoms with Gasteiger partial charge in [-0.15, -0.1) is 5.10 Å². The van der Waals surface area contributed by atoms with Crippen molar-refractivity contribution in [1.29, 1.82) is 0 Å². The fraction of sp³-hybridized carbons (Fsp3) is 0.583. The molecule has 8 nitrogen and oxygen atoms in total. The third kappa shape index (κ3) is 4.09. The van der Waals surface area contributed by atoms with Crippen molar-refractivity contribution in [3.8, 4) is 0 Å². The van der Waals surface area contributed by atoms with Crippen LogP contribution in [-0.4, -0.2) is 68.2 Å². The zero-order chi connectivity index (χ0) is 22.1. The van der Waals surface area contributed by atoms with Crippen LogP contribution >= 0.6 is 0 Å². The van der Waals surface area contributed by atoms with Crippen molar-refractivity contribution in [3.05, 3.63) is 51.6 Å². The number of rotatable bonds is 5. The molecule has 1 aliphatic heterocycles. The highest BCUT2D eigenvalue weighted by Gasteiger charge is 2.34. The van der Waals surface area contributed by atoms with Crippen molar-refractivity contribution in [2.45, 2.75) is 57.5 Å². The van der Waals surface area contributed by atoms with Gasteiger partial charge in [-0.25, -0.2) is 4.68 Å². The predicted octanol–water partition coefficient (Wildman–Crippen LogP) is 2.92. The second-order valence-electron chi connectivity index (χ2n) is 9.34. The van der Waals surface area contributed by atoms with Crippen molar-refractivity contribution < 1.29 is 0 Å². The van der Waals surface area contributed by atoms with Gasteiger partial charge in [0.15, 0.2) is 5.82 Å². The Bertz CT molecular complexity index is 1120. The number of fused-ring (bicyclic) bond motifs is 1. The first kappa shape index (κ1) is 21.3. The number of H-pyrrole nitrogens is 1. The minimum Gasteiger partial charge on any atom is -0.322 e. The van der Waals surface area contributed by atoms with Crippen LogP contribution in [0.4, 0.5) is 0 Å². The third-order valence-corrected chi connectivity index (χ3v) is 7.23. The smallest absolute Gasteiger partial charge is 0.253 e. The minimum absolute atomic E-state index is 0.0520. The summed E-state index contributed by atoms with van der Waals surface area (Å²) in [5.74, 6) is 0.804. The van der Waals surface area contributed by atoms with Gasteiger partial charge < -0.3 is 9.88 Å². The van der Waals surface area contributed by atoms with E-state index in [1.807, 2.05) is 10.7 Å². The average Bonchev–Trinajstić information content (AvgIpc) is 3.30. The molecule has 32 heavy (non-hydrogen) atoms. The predicted molar refractivity (Wildman–Crippen MR) is 125 cm³/mol. The summed E-state index contributed by atoms with van der Waals surface area (Å²) in [6, 6.07) is 8.40. The van der Waals surface area contributed by atoms with Crippen molar-refractivity contribution >= 4 is 10.9 Å². The zero-order valence-corrected chi connectivity index (χ0v) is 19.1. The summed E-state index contributed by atoms with van der Waals surface area (Å²) in [5, 5.41) is 14.1. The van der Waals surface area contributed by atoms with Crippen LogP contribution in [0.5, 0.6) is 0 Å². The molecule has 1 saturated heterocycles. The Hall–Kier alpha value is -2.58. The van der Waals surface area contributed by atoms with E-state index in [0.717, 1.165) is 67.7 Å². The van der Waals surface area contributed by atoms with Crippen molar-refractivity contribution in [2.24, 2.45) is 0 Å². The van der Waals surface area contributed by atoms with Crippen LogP contribution in [0.3, 0.4) is 0 Å². The third-order valence-electron chi connectivity index (χ3n) is 7.23. The number of likely N-dealkylation sites (N-methyl/N-ethyl adjacent to an activating group) is 1. The molecule has 1 atom stereocenters. The topological polar surface area (TPSA) is 82.9 Å². The molecule has 3 heterocycles. The molecule has 5 rings (SSSR count). The number of pyridine rings is 1. The normalized spacial score (nSPS) is 20.1. The number of nitrogens with one attached hydrogen (secondary N) is 1. The molecule has 1 aliphatic carbocycles. The summed E-state index contributed by atoms with van der Waals surface area (Å²) in [5.41, 5.74) is 2.82. The van der Waals surface area contributed by atoms with Crippen LogP contribution < -0.4 is 5.56 Å². The van der Waals surface area contributed by atoms with Gasteiger partial charge in [-0.2, -0.15) is 0 Å². The number of hydrogen-bond donors (Lipinski definition) is 1. The van der Waals surface area contributed by atoms with Crippen LogP contribution in [0.25, 0.3) is 10.9 Å². The molecule has 0 spiro atoms. The van der Waals surface area contributed by atoms with Gasteiger partial charge in [0.25, 0.3) is 5.56 Å². The molecule has 0 bridgehead atoms. The quantitative estimate of drug-likeness (QED) is 0.664. The van der Waals surface area contributed by atoms with E-state index in [4.69, 9.17) is 0 Å². The lowest BCUT2D eigenvalue weighted by Crippen LogP contribution is -2.47. The first-order chi connectivity index (χ1) is 15.6. The summed E-state index contributed by atoms with van der Waals surface area (Å²) in [6.45, 7) is 5.84. The second kappa shape index (κ2) is 9.11. The van der Waals surface area contributed by atoms with Crippen LogP contribution in [-0.2, 0) is 6.42 Å². The zero-order valence-electron chi connectivity index (χ0n) is 19.1. The lowest BCUT2D eigenvalue weighted by molar-refractivity contribution is 0.119. The van der Waals surface area contributed by atoms with E-state index in [-0.39, 0.29) is 11.6 Å². The molecule has 2 fully saturated rings. The number of aromatic nitrogens is 5. The maximum Gasteiger partial charge on any atom is 0.253 e. The molecule has 1 unspecified atom stereocenters. The Balaban J connectivity index is 1.62. The first-order valence-corrected chi connectivity index (χ1v) is 12.0. The molecular weight excluding hydrogens is 402 g/mol. The lowest BCUT2D eigenvalue weighted by Gasteiger charge is -2.37. The molecule has 1 saturated carbocycles. The molecule has 8 heteroatoms. The van der Waals surface area contributed by atoms with E-state index in [2.05, 4.69) is 62.5 Å². The SMILES string of the molecule is CCc1ccc2[nH]c(=O)c(C(c3nnnn3C3CCCCC3)N3CCN(C)CC3)cc2c1. The van der Waals surface area contributed by atoms with Gasteiger partial charge >= 0.3 is 0 Å². The van der Waals surface area contributed by atoms with Gasteiger partial charge in [0.05, 0.1) is 6.04 Å². The van der Waals surface area contributed by atoms with E-state index >= 15 is 0 Å². The number of tetrazole rings is 1. The molecule has 170 valence electrons. The molecule has 1 N–H and O–H groups in total. The van der Waals surface area contributed by atoms with Gasteiger partial charge in [-0.3, -0.25) is 9.69 Å². The van der Waals surface area contributed by atoms with E-state index in [0.29, 0.717) is 6.04 Å². The Morgan fingerprint density at radius 3 is 2.62 bits per heavy atom. The average molecular weight is 436 g/mol. The molecule has 0 amide bonds. The number of nitrogens with zero attached hydrogens (tertiary/aromatic N) is 6. The molecule has 2 aromatic heterocycles. The van der Waals surface area contributed by atoms with Crippen LogP contribution in [0.15, 0.2) is 29.1 Å². The first-order valence-electron chi connectivity index (χ1n) is 12.0. The molecule has 0 radical (unpaired) electrons. The monoisotopic (exact) mass is 435 g/mol. The van der Waals surface area contributed by atoms with E-state index in [9.17, 15) is 4.79 Å². The van der Waals surface area contributed by atoms with Gasteiger partial charge in [-0.1, -0.05) is 32.3 Å². The number of benzene rings is 1. The number of aromatic amines is 1. The Morgan fingerprint density at radius 2 is 1.88 bits per heavy atom. The fourth-order valence-corrected chi connectivity index (χ4v) is 5.24. The van der Waals surface area contributed by atoms with E-state index in [1.54, 1.807) is 0 Å². The fourth-order valence-electron chi connectivity index (χ4n) is 5.24. The van der Waals surface area contributed by atoms with Gasteiger partial charge in [0.1, 0.15) is 6.04 Å². The molecule has 2 aliphatic rings. The van der Waals surface area contributed by atoms with Crippen LogP contribution in [0, 0.1) is 0 Å². The molecule has 3 aromatic rings. The number of hydrogen-bond acceptors (Lipinski definition) is 6. The van der Waals surface area contributed by atoms with Crippen LogP contribution in [0.1, 0.15) is 68.1 Å². The van der Waals surface area contributed by atoms with E-state index in [1.165, 1.54) is 24.8 Å². The summed E-state index contributed by atoms with van der Waals surface area (Å²) < 4.78 is 2.02. The van der Waals surface area contributed by atoms with Crippen LogP contribution in [0.2, 0.25) is 0 Å². The summed E-state index contributed by atoms with van der Waals surface area (Å²) in [6.07, 6.45) is 6.86. The highest BCUT2D eigenvalue weighted by molar-refractivity contribution is 5.80. The van der Waals surface area contributed by atoms with Gasteiger partial charge in [0.2, 0.25) is 0 Å². The van der Waals surface area contributed by atoms with Gasteiger partial charge in [0, 0.05) is 37.3 Å². The highest BCUT2D eigenvalue weighted by atomic mass is 16.1. The Morgan fingerprint density at radius 1 is 1.09 bits per heavy atom. The summed E-state index contributed by atoms with van der Waals surface area (Å²) >= 11 is 0. The largest absolute Gasteiger partial charge is 0.322 e. The number of aryl methyl sites for hydroxylation is 1. The Labute approximate surface area is 188 Å².